The van der Waals surface area contributed by atoms with E-state index in [1.807, 2.05) is 0 Å². The van der Waals surface area contributed by atoms with Gasteiger partial charge in [0.15, 0.2) is 0 Å². The maximum atomic E-state index is 12.5. The van der Waals surface area contributed by atoms with E-state index < -0.39 is 0 Å². The van der Waals surface area contributed by atoms with Gasteiger partial charge in [-0.05, 0) is 48.9 Å². The van der Waals surface area contributed by atoms with Crippen LogP contribution < -0.4 is 9.64 Å². The summed E-state index contributed by atoms with van der Waals surface area (Å²) in [5, 5.41) is 10.8. The SMILES string of the molecule is C=CC(=O)N1CCN(c2nc(OCCN3CCOCC3)nc3c2CCC(n2ccc4ccc(C)cc42)C3)C[C@@H]1CC#N. The molecule has 2 aromatic heterocycles. The monoisotopic (exact) mass is 569 g/mol. The number of aryl methyl sites for hydroxylation is 1. The second-order valence-electron chi connectivity index (χ2n) is 11.4. The normalized spacial score (nSPS) is 21.1. The second kappa shape index (κ2) is 12.5. The lowest BCUT2D eigenvalue weighted by atomic mass is 9.91. The Labute approximate surface area is 247 Å². The molecule has 0 bridgehead atoms. The predicted octanol–water partition coefficient (Wildman–Crippen LogP) is 3.30. The first kappa shape index (κ1) is 28.2. The fraction of sp³-hybridized carbons (Fsp3) is 0.500. The van der Waals surface area contributed by atoms with Crippen molar-refractivity contribution < 1.29 is 14.3 Å². The fourth-order valence-electron chi connectivity index (χ4n) is 6.52. The Hall–Kier alpha value is -3.94. The molecular weight excluding hydrogens is 530 g/mol. The van der Waals surface area contributed by atoms with Crippen LogP contribution in [0.1, 0.15) is 35.7 Å². The van der Waals surface area contributed by atoms with E-state index in [1.165, 1.54) is 22.5 Å². The van der Waals surface area contributed by atoms with Crippen LogP contribution >= 0.6 is 0 Å². The van der Waals surface area contributed by atoms with Crippen molar-refractivity contribution in [3.63, 3.8) is 0 Å². The minimum atomic E-state index is -0.226. The Balaban J connectivity index is 1.29. The number of ether oxygens (including phenoxy) is 2. The Morgan fingerprint density at radius 3 is 2.88 bits per heavy atom. The van der Waals surface area contributed by atoms with Crippen molar-refractivity contribution in [2.75, 3.05) is 64.0 Å². The summed E-state index contributed by atoms with van der Waals surface area (Å²) in [4.78, 5) is 28.8. The molecule has 2 atom stereocenters. The lowest BCUT2D eigenvalue weighted by Crippen LogP contribution is -2.55. The van der Waals surface area contributed by atoms with Crippen LogP contribution in [0.2, 0.25) is 0 Å². The molecule has 0 radical (unpaired) electrons. The van der Waals surface area contributed by atoms with Crippen LogP contribution in [-0.2, 0) is 22.4 Å². The van der Waals surface area contributed by atoms with Crippen molar-refractivity contribution in [1.82, 2.24) is 24.3 Å². The van der Waals surface area contributed by atoms with Crippen LogP contribution in [0.25, 0.3) is 10.9 Å². The van der Waals surface area contributed by atoms with Crippen LogP contribution in [0, 0.1) is 18.3 Å². The minimum absolute atomic E-state index is 0.135. The number of carbonyl (C=O) groups is 1. The van der Waals surface area contributed by atoms with Crippen LogP contribution in [-0.4, -0.2) is 95.4 Å². The van der Waals surface area contributed by atoms with Crippen molar-refractivity contribution in [2.24, 2.45) is 0 Å². The van der Waals surface area contributed by atoms with Gasteiger partial charge in [0.25, 0.3) is 0 Å². The molecule has 0 saturated carbocycles. The number of morpholine rings is 1. The van der Waals surface area contributed by atoms with Gasteiger partial charge in [-0.1, -0.05) is 18.7 Å². The molecule has 0 N–H and O–H groups in total. The molecule has 6 rings (SSSR count). The highest BCUT2D eigenvalue weighted by molar-refractivity contribution is 5.87. The Morgan fingerprint density at radius 2 is 2.07 bits per heavy atom. The molecule has 0 spiro atoms. The van der Waals surface area contributed by atoms with E-state index in [1.54, 1.807) is 4.90 Å². The largest absolute Gasteiger partial charge is 0.462 e. The van der Waals surface area contributed by atoms with E-state index in [0.717, 1.165) is 69.2 Å². The molecule has 4 heterocycles. The van der Waals surface area contributed by atoms with Gasteiger partial charge in [0, 0.05) is 69.0 Å². The zero-order valence-electron chi connectivity index (χ0n) is 24.4. The van der Waals surface area contributed by atoms with Gasteiger partial charge in [-0.3, -0.25) is 9.69 Å². The van der Waals surface area contributed by atoms with Crippen LogP contribution in [0.5, 0.6) is 6.01 Å². The molecule has 220 valence electrons. The smallest absolute Gasteiger partial charge is 0.318 e. The third kappa shape index (κ3) is 5.85. The first-order chi connectivity index (χ1) is 20.5. The standard InChI is InChI=1S/C32H39N7O3/c1-3-30(40)39-13-12-37(22-26(39)8-10-33)31-27-7-6-25(38-11-9-24-5-4-23(2)20-29(24)38)21-28(27)34-32(35-31)42-19-16-36-14-17-41-18-15-36/h3-5,9,11,20,25-26H,1,6-8,12-19,21-22H2,2H3/t25?,26-/m0/s1. The number of amides is 1. The molecule has 10 heteroatoms. The molecule has 3 aliphatic rings. The topological polar surface area (TPSA) is 99.8 Å². The van der Waals surface area contributed by atoms with Gasteiger partial charge in [0.05, 0.1) is 37.4 Å². The number of hydrogen-bond acceptors (Lipinski definition) is 8. The van der Waals surface area contributed by atoms with Gasteiger partial charge in [-0.25, -0.2) is 0 Å². The molecule has 1 amide bonds. The molecule has 10 nitrogen and oxygen atoms in total. The molecule has 42 heavy (non-hydrogen) atoms. The van der Waals surface area contributed by atoms with E-state index in [-0.39, 0.29) is 24.4 Å². The zero-order chi connectivity index (χ0) is 29.1. The van der Waals surface area contributed by atoms with Gasteiger partial charge in [0.2, 0.25) is 5.91 Å². The van der Waals surface area contributed by atoms with Crippen molar-refractivity contribution in [3.8, 4) is 12.1 Å². The summed E-state index contributed by atoms with van der Waals surface area (Å²) < 4.78 is 14.1. The van der Waals surface area contributed by atoms with Gasteiger partial charge in [-0.15, -0.1) is 0 Å². The average Bonchev–Trinajstić information content (AvgIpc) is 3.44. The molecule has 2 fully saturated rings. The van der Waals surface area contributed by atoms with E-state index in [0.29, 0.717) is 32.3 Å². The summed E-state index contributed by atoms with van der Waals surface area (Å²) in [6.07, 6.45) is 6.41. The fourth-order valence-corrected chi connectivity index (χ4v) is 6.52. The first-order valence-electron chi connectivity index (χ1n) is 15.0. The summed E-state index contributed by atoms with van der Waals surface area (Å²) in [7, 11) is 0. The van der Waals surface area contributed by atoms with Crippen molar-refractivity contribution in [1.29, 1.82) is 5.26 Å². The maximum Gasteiger partial charge on any atom is 0.318 e. The van der Waals surface area contributed by atoms with Crippen LogP contribution in [0.4, 0.5) is 5.82 Å². The summed E-state index contributed by atoms with van der Waals surface area (Å²) >= 11 is 0. The predicted molar refractivity (Wildman–Crippen MR) is 161 cm³/mol. The maximum absolute atomic E-state index is 12.5. The lowest BCUT2D eigenvalue weighted by molar-refractivity contribution is -0.128. The third-order valence-corrected chi connectivity index (χ3v) is 8.79. The number of rotatable bonds is 8. The van der Waals surface area contributed by atoms with Gasteiger partial charge >= 0.3 is 6.01 Å². The number of piperazine rings is 1. The molecule has 2 aliphatic heterocycles. The highest BCUT2D eigenvalue weighted by atomic mass is 16.5. The Morgan fingerprint density at radius 1 is 1.21 bits per heavy atom. The van der Waals surface area contributed by atoms with Gasteiger partial charge in [-0.2, -0.15) is 15.2 Å². The van der Waals surface area contributed by atoms with Crippen LogP contribution in [0.3, 0.4) is 0 Å². The summed E-state index contributed by atoms with van der Waals surface area (Å²) in [5.41, 5.74) is 4.68. The van der Waals surface area contributed by atoms with E-state index in [2.05, 4.69) is 64.4 Å². The van der Waals surface area contributed by atoms with Crippen molar-refractivity contribution in [3.05, 3.63) is 59.9 Å². The number of aromatic nitrogens is 3. The number of carbonyl (C=O) groups excluding carboxylic acids is 1. The highest BCUT2D eigenvalue weighted by Gasteiger charge is 2.34. The molecule has 1 aliphatic carbocycles. The quantitative estimate of drug-likeness (QED) is 0.381. The third-order valence-electron chi connectivity index (χ3n) is 8.79. The minimum Gasteiger partial charge on any atom is -0.462 e. The zero-order valence-corrected chi connectivity index (χ0v) is 24.4. The summed E-state index contributed by atoms with van der Waals surface area (Å²) in [5.74, 6) is 0.741. The first-order valence-corrected chi connectivity index (χ1v) is 15.0. The van der Waals surface area contributed by atoms with E-state index >= 15 is 0 Å². The number of benzene rings is 1. The number of fused-ring (bicyclic) bond motifs is 2. The summed E-state index contributed by atoms with van der Waals surface area (Å²) in [6, 6.07) is 11.5. The number of nitrogens with zero attached hydrogens (tertiary/aromatic N) is 7. The molecule has 1 aromatic carbocycles. The number of nitriles is 1. The Bertz CT molecular complexity index is 1490. The molecule has 1 unspecified atom stereocenters. The van der Waals surface area contributed by atoms with Gasteiger partial charge < -0.3 is 23.8 Å². The highest BCUT2D eigenvalue weighted by Crippen LogP contribution is 2.37. The molecule has 2 saturated heterocycles. The molecular formula is C32H39N7O3. The van der Waals surface area contributed by atoms with E-state index in [9.17, 15) is 10.1 Å². The van der Waals surface area contributed by atoms with E-state index in [4.69, 9.17) is 19.4 Å². The van der Waals surface area contributed by atoms with Crippen LogP contribution in [0.15, 0.2) is 43.1 Å². The lowest BCUT2D eigenvalue weighted by Gasteiger charge is -2.42. The van der Waals surface area contributed by atoms with Crippen molar-refractivity contribution >= 4 is 22.6 Å². The molecule has 3 aromatic rings. The van der Waals surface area contributed by atoms with Gasteiger partial charge in [0.1, 0.15) is 12.4 Å². The number of hydrogen-bond donors (Lipinski definition) is 0. The van der Waals surface area contributed by atoms with Crippen molar-refractivity contribution in [2.45, 2.75) is 44.7 Å². The Kier molecular flexibility index (Phi) is 8.40. The average molecular weight is 570 g/mol. The second-order valence-corrected chi connectivity index (χ2v) is 11.4. The summed E-state index contributed by atoms with van der Waals surface area (Å²) in [6.45, 7) is 12.1. The number of anilines is 1.